The molecule has 5 nitrogen and oxygen atoms in total. The van der Waals surface area contributed by atoms with Gasteiger partial charge in [-0.25, -0.2) is 4.79 Å². The van der Waals surface area contributed by atoms with Gasteiger partial charge in [0.2, 0.25) is 5.78 Å². The van der Waals surface area contributed by atoms with Crippen molar-refractivity contribution >= 4 is 11.8 Å². The van der Waals surface area contributed by atoms with Crippen LogP contribution in [-0.2, 0) is 14.3 Å². The molecule has 0 aromatic heterocycles. The largest absolute Gasteiger partial charge is 0.500 e. The van der Waals surface area contributed by atoms with Crippen LogP contribution in [0.5, 0.6) is 5.75 Å². The van der Waals surface area contributed by atoms with Crippen molar-refractivity contribution in [3.05, 3.63) is 41.2 Å². The molecule has 1 aromatic carbocycles. The van der Waals surface area contributed by atoms with Gasteiger partial charge in [-0.15, -0.1) is 0 Å². The van der Waals surface area contributed by atoms with Crippen LogP contribution in [0.1, 0.15) is 22.8 Å². The highest BCUT2D eigenvalue weighted by Gasteiger charge is 2.21. The van der Waals surface area contributed by atoms with E-state index in [1.807, 2.05) is 6.92 Å². The molecule has 0 atom stereocenters. The van der Waals surface area contributed by atoms with E-state index in [1.165, 1.54) is 7.11 Å². The Kier molecular flexibility index (Phi) is 5.77. The van der Waals surface area contributed by atoms with E-state index in [1.54, 1.807) is 32.2 Å². The summed E-state index contributed by atoms with van der Waals surface area (Å²) in [6, 6.07) is 4.93. The third-order valence-electron chi connectivity index (χ3n) is 2.67. The summed E-state index contributed by atoms with van der Waals surface area (Å²) in [5.74, 6) is -0.497. The quantitative estimate of drug-likeness (QED) is 0.199. The number of carbonyl (C=O) groups excluding carboxylic acids is 2. The summed E-state index contributed by atoms with van der Waals surface area (Å²) >= 11 is 0. The van der Waals surface area contributed by atoms with Gasteiger partial charge in [0.05, 0.1) is 20.8 Å². The molecule has 1 rings (SSSR count). The molecule has 0 fully saturated rings. The number of benzene rings is 1. The fourth-order valence-electron chi connectivity index (χ4n) is 1.65. The number of esters is 1. The Morgan fingerprint density at radius 2 is 1.95 bits per heavy atom. The SMILES string of the molecule is CCO/C=C(\C(=O)OC)C(=O)c1ccc(OC)c(C)c1. The Hall–Kier alpha value is -2.30. The molecule has 20 heavy (non-hydrogen) atoms. The molecule has 0 heterocycles. The molecule has 0 N–H and O–H groups in total. The van der Waals surface area contributed by atoms with Gasteiger partial charge in [0, 0.05) is 5.56 Å². The van der Waals surface area contributed by atoms with Crippen molar-refractivity contribution in [2.75, 3.05) is 20.8 Å². The number of hydrogen-bond donors (Lipinski definition) is 0. The summed E-state index contributed by atoms with van der Waals surface area (Å²) in [7, 11) is 2.77. The van der Waals surface area contributed by atoms with E-state index in [2.05, 4.69) is 4.74 Å². The van der Waals surface area contributed by atoms with Crippen LogP contribution in [0, 0.1) is 6.92 Å². The molecule has 0 radical (unpaired) electrons. The molecule has 0 aliphatic rings. The summed E-state index contributed by atoms with van der Waals surface area (Å²) in [5.41, 5.74) is 1.04. The number of carbonyl (C=O) groups is 2. The molecule has 0 unspecified atom stereocenters. The first-order valence-corrected chi connectivity index (χ1v) is 6.14. The van der Waals surface area contributed by atoms with E-state index < -0.39 is 11.8 Å². The molecule has 0 saturated heterocycles. The zero-order valence-corrected chi connectivity index (χ0v) is 12.1. The van der Waals surface area contributed by atoms with Crippen LogP contribution >= 0.6 is 0 Å². The number of rotatable bonds is 6. The Bertz CT molecular complexity index is 531. The van der Waals surface area contributed by atoms with Gasteiger partial charge in [0.1, 0.15) is 17.6 Å². The molecule has 0 saturated carbocycles. The number of methoxy groups -OCH3 is 2. The molecular weight excluding hydrogens is 260 g/mol. The highest BCUT2D eigenvalue weighted by Crippen LogP contribution is 2.20. The van der Waals surface area contributed by atoms with E-state index in [9.17, 15) is 9.59 Å². The number of Topliss-reactive ketones (excluding diaryl/α,β-unsaturated/α-hetero) is 1. The predicted molar refractivity (Wildman–Crippen MR) is 73.8 cm³/mol. The van der Waals surface area contributed by atoms with E-state index >= 15 is 0 Å². The summed E-state index contributed by atoms with van der Waals surface area (Å²) in [5, 5.41) is 0. The molecule has 0 aliphatic carbocycles. The third-order valence-corrected chi connectivity index (χ3v) is 2.67. The second kappa shape index (κ2) is 7.33. The first kappa shape index (κ1) is 15.8. The molecule has 5 heteroatoms. The minimum Gasteiger partial charge on any atom is -0.500 e. The molecule has 0 aliphatic heterocycles. The predicted octanol–water partition coefficient (Wildman–Crippen LogP) is 2.28. The normalized spacial score (nSPS) is 10.9. The van der Waals surface area contributed by atoms with Crippen LogP contribution in [0.15, 0.2) is 30.0 Å². The van der Waals surface area contributed by atoms with Gasteiger partial charge in [0.25, 0.3) is 0 Å². The van der Waals surface area contributed by atoms with E-state index in [-0.39, 0.29) is 5.57 Å². The minimum atomic E-state index is -0.725. The molecule has 1 aromatic rings. The Labute approximate surface area is 118 Å². The highest BCUT2D eigenvalue weighted by molar-refractivity contribution is 6.24. The average molecular weight is 278 g/mol. The van der Waals surface area contributed by atoms with E-state index in [4.69, 9.17) is 9.47 Å². The fourth-order valence-corrected chi connectivity index (χ4v) is 1.65. The maximum atomic E-state index is 12.3. The van der Waals surface area contributed by atoms with Crippen molar-refractivity contribution < 1.29 is 23.8 Å². The van der Waals surface area contributed by atoms with Crippen LogP contribution in [0.2, 0.25) is 0 Å². The summed E-state index contributed by atoms with van der Waals surface area (Å²) in [4.78, 5) is 23.9. The Morgan fingerprint density at radius 1 is 1.25 bits per heavy atom. The van der Waals surface area contributed by atoms with Crippen molar-refractivity contribution in [1.82, 2.24) is 0 Å². The van der Waals surface area contributed by atoms with Crippen molar-refractivity contribution in [2.45, 2.75) is 13.8 Å². The number of ether oxygens (including phenoxy) is 3. The number of ketones is 1. The first-order valence-electron chi connectivity index (χ1n) is 6.14. The van der Waals surface area contributed by atoms with Crippen LogP contribution < -0.4 is 4.74 Å². The second-order valence-corrected chi connectivity index (χ2v) is 3.99. The second-order valence-electron chi connectivity index (χ2n) is 3.99. The third kappa shape index (κ3) is 3.60. The molecule has 0 amide bonds. The van der Waals surface area contributed by atoms with Crippen molar-refractivity contribution in [2.24, 2.45) is 0 Å². The standard InChI is InChI=1S/C15H18O5/c1-5-20-9-12(15(17)19-4)14(16)11-6-7-13(18-3)10(2)8-11/h6-9H,5H2,1-4H3/b12-9-. The summed E-state index contributed by atoms with van der Waals surface area (Å²) in [6.45, 7) is 3.93. The lowest BCUT2D eigenvalue weighted by molar-refractivity contribution is -0.135. The van der Waals surface area contributed by atoms with Crippen LogP contribution in [-0.4, -0.2) is 32.6 Å². The average Bonchev–Trinajstić information content (AvgIpc) is 2.46. The van der Waals surface area contributed by atoms with Gasteiger partial charge in [-0.3, -0.25) is 4.79 Å². The maximum absolute atomic E-state index is 12.3. The van der Waals surface area contributed by atoms with Crippen LogP contribution in [0.4, 0.5) is 0 Å². The summed E-state index contributed by atoms with van der Waals surface area (Å²) < 4.78 is 14.8. The van der Waals surface area contributed by atoms with E-state index in [0.29, 0.717) is 17.9 Å². The first-order chi connectivity index (χ1) is 9.54. The lowest BCUT2D eigenvalue weighted by atomic mass is 10.0. The molecule has 108 valence electrons. The molecule has 0 spiro atoms. The Balaban J connectivity index is 3.12. The van der Waals surface area contributed by atoms with E-state index in [0.717, 1.165) is 11.8 Å². The minimum absolute atomic E-state index is 0.140. The topological polar surface area (TPSA) is 61.8 Å². The van der Waals surface area contributed by atoms with Gasteiger partial charge in [-0.05, 0) is 37.6 Å². The number of aryl methyl sites for hydroxylation is 1. The van der Waals surface area contributed by atoms with Gasteiger partial charge in [0.15, 0.2) is 0 Å². The van der Waals surface area contributed by atoms with Crippen molar-refractivity contribution in [1.29, 1.82) is 0 Å². The van der Waals surface area contributed by atoms with Crippen molar-refractivity contribution in [3.8, 4) is 5.75 Å². The van der Waals surface area contributed by atoms with Gasteiger partial charge >= 0.3 is 5.97 Å². The van der Waals surface area contributed by atoms with Gasteiger partial charge in [-0.2, -0.15) is 0 Å². The monoisotopic (exact) mass is 278 g/mol. The zero-order chi connectivity index (χ0) is 15.1. The van der Waals surface area contributed by atoms with Gasteiger partial charge in [-0.1, -0.05) is 0 Å². The zero-order valence-electron chi connectivity index (χ0n) is 12.1. The number of hydrogen-bond acceptors (Lipinski definition) is 5. The fraction of sp³-hybridized carbons (Fsp3) is 0.333. The lowest BCUT2D eigenvalue weighted by Gasteiger charge is -2.08. The van der Waals surface area contributed by atoms with Crippen LogP contribution in [0.25, 0.3) is 0 Å². The van der Waals surface area contributed by atoms with Gasteiger partial charge < -0.3 is 14.2 Å². The maximum Gasteiger partial charge on any atom is 0.345 e. The molecule has 0 bridgehead atoms. The lowest BCUT2D eigenvalue weighted by Crippen LogP contribution is -2.15. The van der Waals surface area contributed by atoms with Crippen molar-refractivity contribution in [3.63, 3.8) is 0 Å². The Morgan fingerprint density at radius 3 is 2.45 bits per heavy atom. The smallest absolute Gasteiger partial charge is 0.345 e. The van der Waals surface area contributed by atoms with Crippen LogP contribution in [0.3, 0.4) is 0 Å². The summed E-state index contributed by atoms with van der Waals surface area (Å²) in [6.07, 6.45) is 1.13. The molecular formula is C15H18O5. The highest BCUT2D eigenvalue weighted by atomic mass is 16.5.